The van der Waals surface area contributed by atoms with Crippen molar-refractivity contribution in [1.29, 1.82) is 0 Å². The van der Waals surface area contributed by atoms with Crippen LogP contribution in [0, 0.1) is 11.8 Å². The van der Waals surface area contributed by atoms with E-state index in [4.69, 9.17) is 14.7 Å². The number of benzene rings is 2. The van der Waals surface area contributed by atoms with Gasteiger partial charge in [-0.3, -0.25) is 0 Å². The molecule has 2 heterocycles. The zero-order valence-corrected chi connectivity index (χ0v) is 15.0. The highest BCUT2D eigenvalue weighted by atomic mass is 16.6. The van der Waals surface area contributed by atoms with Gasteiger partial charge in [0.05, 0.1) is 17.8 Å². The molecule has 2 aliphatic heterocycles. The molecule has 140 valence electrons. The molecule has 0 spiro atoms. The van der Waals surface area contributed by atoms with Gasteiger partial charge in [-0.15, -0.1) is 0 Å². The van der Waals surface area contributed by atoms with E-state index in [2.05, 4.69) is 5.16 Å². The fourth-order valence-corrected chi connectivity index (χ4v) is 4.14. The molecule has 0 aromatic heterocycles. The van der Waals surface area contributed by atoms with E-state index in [0.717, 1.165) is 30.4 Å². The summed E-state index contributed by atoms with van der Waals surface area (Å²) in [4.78, 5) is 16.5. The Balaban J connectivity index is 1.38. The molecule has 2 aromatic rings. The maximum Gasteiger partial charge on any atom is 0.335 e. The lowest BCUT2D eigenvalue weighted by Crippen LogP contribution is -2.30. The van der Waals surface area contributed by atoms with Crippen molar-refractivity contribution >= 4 is 12.2 Å². The van der Waals surface area contributed by atoms with Gasteiger partial charge < -0.3 is 14.7 Å². The highest BCUT2D eigenvalue weighted by Crippen LogP contribution is 2.44. The summed E-state index contributed by atoms with van der Waals surface area (Å²) in [6.45, 7) is 0.459. The molecule has 2 saturated heterocycles. The first kappa shape index (κ1) is 17.7. The van der Waals surface area contributed by atoms with E-state index in [1.165, 1.54) is 0 Å². The van der Waals surface area contributed by atoms with Crippen LogP contribution in [0.1, 0.15) is 34.3 Å². The van der Waals surface area contributed by atoms with Gasteiger partial charge in [0.15, 0.2) is 0 Å². The lowest BCUT2D eigenvalue weighted by Gasteiger charge is -2.25. The van der Waals surface area contributed by atoms with Gasteiger partial charge in [0.2, 0.25) is 0 Å². The largest absolute Gasteiger partial charge is 0.478 e. The molecular formula is C22H23NO4. The summed E-state index contributed by atoms with van der Waals surface area (Å²) < 4.78 is 6.11. The van der Waals surface area contributed by atoms with Crippen molar-refractivity contribution in [1.82, 2.24) is 0 Å². The number of hydrogen-bond acceptors (Lipinski definition) is 4. The molecule has 2 fully saturated rings. The van der Waals surface area contributed by atoms with Crippen LogP contribution in [0.4, 0.5) is 0 Å². The van der Waals surface area contributed by atoms with Crippen LogP contribution < -0.4 is 0 Å². The molecule has 0 saturated carbocycles. The van der Waals surface area contributed by atoms with Crippen molar-refractivity contribution in [3.05, 3.63) is 71.3 Å². The predicted octanol–water partition coefficient (Wildman–Crippen LogP) is 3.92. The molecule has 0 radical (unpaired) electrons. The van der Waals surface area contributed by atoms with E-state index in [1.54, 1.807) is 12.1 Å². The highest BCUT2D eigenvalue weighted by molar-refractivity contribution is 5.87. The number of carboxylic acid groups (broad SMARTS) is 1. The molecular weight excluding hydrogens is 342 g/mol. The van der Waals surface area contributed by atoms with Crippen molar-refractivity contribution in [2.24, 2.45) is 17.0 Å². The highest BCUT2D eigenvalue weighted by Gasteiger charge is 2.48. The summed E-state index contributed by atoms with van der Waals surface area (Å²) in [5, 5.41) is 13.3. The zero-order valence-electron chi connectivity index (χ0n) is 15.0. The van der Waals surface area contributed by atoms with E-state index in [-0.39, 0.29) is 18.1 Å². The van der Waals surface area contributed by atoms with Crippen LogP contribution in [0.5, 0.6) is 0 Å². The van der Waals surface area contributed by atoms with Gasteiger partial charge in [-0.1, -0.05) is 47.6 Å². The molecule has 0 aliphatic carbocycles. The van der Waals surface area contributed by atoms with Crippen LogP contribution in [0.15, 0.2) is 59.8 Å². The van der Waals surface area contributed by atoms with Crippen LogP contribution in [0.25, 0.3) is 0 Å². The van der Waals surface area contributed by atoms with Crippen LogP contribution in [0.3, 0.4) is 0 Å². The molecule has 2 aliphatic rings. The summed E-state index contributed by atoms with van der Waals surface area (Å²) in [6, 6.07) is 17.1. The van der Waals surface area contributed by atoms with Crippen molar-refractivity contribution in [3.63, 3.8) is 0 Å². The second-order valence-corrected chi connectivity index (χ2v) is 7.25. The van der Waals surface area contributed by atoms with Crippen molar-refractivity contribution < 1.29 is 19.5 Å². The number of oxime groups is 1. The Hall–Kier alpha value is -2.66. The smallest absolute Gasteiger partial charge is 0.335 e. The number of hydrogen-bond donors (Lipinski definition) is 1. The van der Waals surface area contributed by atoms with Gasteiger partial charge in [-0.25, -0.2) is 4.79 Å². The van der Waals surface area contributed by atoms with Crippen LogP contribution in [-0.4, -0.2) is 29.5 Å². The minimum absolute atomic E-state index is 0.211. The number of carbonyl (C=O) groups is 1. The van der Waals surface area contributed by atoms with Crippen molar-refractivity contribution in [2.75, 3.05) is 0 Å². The molecule has 0 unspecified atom stereocenters. The third kappa shape index (κ3) is 4.03. The Morgan fingerprint density at radius 2 is 1.81 bits per heavy atom. The van der Waals surface area contributed by atoms with Crippen LogP contribution in [0.2, 0.25) is 0 Å². The summed E-state index contributed by atoms with van der Waals surface area (Å²) in [7, 11) is 0. The summed E-state index contributed by atoms with van der Waals surface area (Å²) in [6.07, 6.45) is 5.37. The van der Waals surface area contributed by atoms with Gasteiger partial charge in [0.25, 0.3) is 0 Å². The number of ether oxygens (including phenoxy) is 1. The molecule has 5 nitrogen and oxygen atoms in total. The number of rotatable bonds is 7. The summed E-state index contributed by atoms with van der Waals surface area (Å²) in [5.41, 5.74) is 2.54. The van der Waals surface area contributed by atoms with Gasteiger partial charge in [-0.2, -0.15) is 0 Å². The molecule has 4 rings (SSSR count). The van der Waals surface area contributed by atoms with E-state index in [9.17, 15) is 4.79 Å². The van der Waals surface area contributed by atoms with Gasteiger partial charge >= 0.3 is 5.97 Å². The second-order valence-electron chi connectivity index (χ2n) is 7.25. The van der Waals surface area contributed by atoms with Crippen LogP contribution >= 0.6 is 0 Å². The van der Waals surface area contributed by atoms with E-state index >= 15 is 0 Å². The molecule has 4 atom stereocenters. The lowest BCUT2D eigenvalue weighted by atomic mass is 9.77. The third-order valence-corrected chi connectivity index (χ3v) is 5.54. The Bertz CT molecular complexity index is 803. The molecule has 0 amide bonds. The predicted molar refractivity (Wildman–Crippen MR) is 102 cm³/mol. The van der Waals surface area contributed by atoms with E-state index in [1.807, 2.05) is 48.7 Å². The van der Waals surface area contributed by atoms with Gasteiger partial charge in [0.1, 0.15) is 6.61 Å². The first-order valence-corrected chi connectivity index (χ1v) is 9.38. The molecule has 2 aromatic carbocycles. The number of nitrogens with zero attached hydrogens (tertiary/aromatic N) is 1. The fraction of sp³-hybridized carbons (Fsp3) is 0.364. The Morgan fingerprint density at radius 1 is 1.07 bits per heavy atom. The van der Waals surface area contributed by atoms with Crippen molar-refractivity contribution in [3.8, 4) is 0 Å². The normalized spacial score (nSPS) is 26.5. The average Bonchev–Trinajstić information content (AvgIpc) is 3.29. The zero-order chi connectivity index (χ0) is 18.6. The van der Waals surface area contributed by atoms with E-state index < -0.39 is 5.97 Å². The first-order chi connectivity index (χ1) is 13.2. The minimum atomic E-state index is -0.898. The Labute approximate surface area is 158 Å². The number of fused-ring (bicyclic) bond motifs is 2. The summed E-state index contributed by atoms with van der Waals surface area (Å²) >= 11 is 0. The Kier molecular flexibility index (Phi) is 5.21. The third-order valence-electron chi connectivity index (χ3n) is 5.54. The molecule has 2 bridgehead atoms. The topological polar surface area (TPSA) is 68.1 Å². The van der Waals surface area contributed by atoms with Gasteiger partial charge in [0, 0.05) is 12.1 Å². The molecule has 5 heteroatoms. The maximum absolute atomic E-state index is 11.0. The average molecular weight is 365 g/mol. The standard InChI is InChI=1S/C22H23NO4/c24-22(25)17-8-6-15(7-9-17)12-18-19(21-11-10-20(18)27-21)13-23-26-14-16-4-2-1-3-5-16/h1-9,13,18-21H,10-12,14H2,(H,24,25)/t18-,19+,20-,21+/m1/s1. The summed E-state index contributed by atoms with van der Waals surface area (Å²) in [5.74, 6) is -0.312. The fourth-order valence-electron chi connectivity index (χ4n) is 4.14. The first-order valence-electron chi connectivity index (χ1n) is 9.38. The number of aromatic carboxylic acids is 1. The second kappa shape index (κ2) is 7.92. The lowest BCUT2D eigenvalue weighted by molar-refractivity contribution is 0.0696. The van der Waals surface area contributed by atoms with Gasteiger partial charge in [-0.05, 0) is 48.4 Å². The molecule has 27 heavy (non-hydrogen) atoms. The minimum Gasteiger partial charge on any atom is -0.478 e. The maximum atomic E-state index is 11.0. The van der Waals surface area contributed by atoms with E-state index in [0.29, 0.717) is 18.1 Å². The monoisotopic (exact) mass is 365 g/mol. The quantitative estimate of drug-likeness (QED) is 0.596. The molecule has 1 N–H and O–H groups in total. The Morgan fingerprint density at radius 3 is 2.56 bits per heavy atom. The SMILES string of the molecule is O=C(O)c1ccc(C[C@@H]2[C@H](C=NOCc3ccccc3)[C@@H]3CC[C@H]2O3)cc1. The van der Waals surface area contributed by atoms with Crippen LogP contribution in [-0.2, 0) is 22.6 Å². The van der Waals surface area contributed by atoms with Crippen molar-refractivity contribution in [2.45, 2.75) is 38.1 Å². The number of carboxylic acids is 1.